The van der Waals surface area contributed by atoms with Crippen LogP contribution in [0.5, 0.6) is 0 Å². The van der Waals surface area contributed by atoms with Gasteiger partial charge in [0.25, 0.3) is 5.91 Å². The van der Waals surface area contributed by atoms with E-state index in [9.17, 15) is 9.59 Å². The highest BCUT2D eigenvalue weighted by molar-refractivity contribution is 6.08. The first-order valence-electron chi connectivity index (χ1n) is 10.2. The average Bonchev–Trinajstić information content (AvgIpc) is 3.16. The van der Waals surface area contributed by atoms with Gasteiger partial charge in [-0.15, -0.1) is 0 Å². The van der Waals surface area contributed by atoms with E-state index in [1.807, 2.05) is 72.8 Å². The number of esters is 1. The molecule has 0 radical (unpaired) electrons. The van der Waals surface area contributed by atoms with Crippen LogP contribution in [0.1, 0.15) is 27.4 Å². The third-order valence-electron chi connectivity index (χ3n) is 5.99. The van der Waals surface area contributed by atoms with E-state index in [1.165, 1.54) is 7.11 Å². The van der Waals surface area contributed by atoms with Gasteiger partial charge in [-0.25, -0.2) is 4.79 Å². The molecule has 0 unspecified atom stereocenters. The van der Waals surface area contributed by atoms with Gasteiger partial charge < -0.3 is 10.1 Å². The molecule has 4 nitrogen and oxygen atoms in total. The summed E-state index contributed by atoms with van der Waals surface area (Å²) in [6.45, 7) is 0. The number of carbonyl (C=O) groups excluding carboxylic acids is 2. The molecule has 1 N–H and O–H groups in total. The maximum Gasteiger partial charge on any atom is 0.329 e. The molecule has 0 spiro atoms. The Morgan fingerprint density at radius 3 is 2.03 bits per heavy atom. The summed E-state index contributed by atoms with van der Waals surface area (Å²) in [6, 6.07) is 28.5. The SMILES string of the molecule is COC(=O)[C@H](NC(=O)c1cccc2ccccc12)C1c2ccccc2-c2ccccc21. The number of benzene rings is 4. The second kappa shape index (κ2) is 7.73. The van der Waals surface area contributed by atoms with Crippen molar-refractivity contribution in [1.29, 1.82) is 0 Å². The minimum atomic E-state index is -0.846. The number of hydrogen-bond acceptors (Lipinski definition) is 3. The Bertz CT molecular complexity index is 1260. The van der Waals surface area contributed by atoms with Gasteiger partial charge in [-0.05, 0) is 39.1 Å². The van der Waals surface area contributed by atoms with Crippen molar-refractivity contribution in [2.45, 2.75) is 12.0 Å². The molecule has 0 saturated heterocycles. The summed E-state index contributed by atoms with van der Waals surface area (Å²) in [7, 11) is 1.35. The van der Waals surface area contributed by atoms with Crippen molar-refractivity contribution < 1.29 is 14.3 Å². The van der Waals surface area contributed by atoms with Crippen LogP contribution >= 0.6 is 0 Å². The fourth-order valence-corrected chi connectivity index (χ4v) is 4.60. The van der Waals surface area contributed by atoms with Gasteiger partial charge in [-0.1, -0.05) is 84.9 Å². The van der Waals surface area contributed by atoms with Gasteiger partial charge in [0.15, 0.2) is 0 Å². The lowest BCUT2D eigenvalue weighted by atomic mass is 9.89. The third kappa shape index (κ3) is 3.17. The lowest BCUT2D eigenvalue weighted by molar-refractivity contribution is -0.143. The van der Waals surface area contributed by atoms with Crippen molar-refractivity contribution in [3.8, 4) is 11.1 Å². The molecule has 0 fully saturated rings. The van der Waals surface area contributed by atoms with Crippen LogP contribution in [0, 0.1) is 0 Å². The molecule has 0 aliphatic heterocycles. The summed E-state index contributed by atoms with van der Waals surface area (Å²) < 4.78 is 5.13. The first-order valence-corrected chi connectivity index (χ1v) is 10.2. The van der Waals surface area contributed by atoms with Gasteiger partial charge in [0.05, 0.1) is 7.11 Å². The van der Waals surface area contributed by atoms with Gasteiger partial charge in [0.2, 0.25) is 0 Å². The van der Waals surface area contributed by atoms with Crippen molar-refractivity contribution in [1.82, 2.24) is 5.32 Å². The molecule has 5 rings (SSSR count). The van der Waals surface area contributed by atoms with Crippen LogP contribution in [0.25, 0.3) is 21.9 Å². The Balaban J connectivity index is 1.59. The molecule has 1 amide bonds. The molecule has 0 heterocycles. The van der Waals surface area contributed by atoms with Gasteiger partial charge >= 0.3 is 5.97 Å². The summed E-state index contributed by atoms with van der Waals surface area (Å²) in [5.74, 6) is -1.09. The van der Waals surface area contributed by atoms with E-state index < -0.39 is 12.0 Å². The molecular weight excluding hydrogens is 386 g/mol. The fourth-order valence-electron chi connectivity index (χ4n) is 4.60. The zero-order valence-electron chi connectivity index (χ0n) is 17.0. The number of carbonyl (C=O) groups is 2. The lowest BCUT2D eigenvalue weighted by Gasteiger charge is -2.25. The highest BCUT2D eigenvalue weighted by Crippen LogP contribution is 2.46. The normalized spacial score (nSPS) is 13.3. The monoisotopic (exact) mass is 407 g/mol. The number of amides is 1. The largest absolute Gasteiger partial charge is 0.467 e. The zero-order valence-corrected chi connectivity index (χ0v) is 17.0. The summed E-state index contributed by atoms with van der Waals surface area (Å²) >= 11 is 0. The van der Waals surface area contributed by atoms with E-state index in [-0.39, 0.29) is 11.8 Å². The Hall–Kier alpha value is -3.92. The topological polar surface area (TPSA) is 55.4 Å². The molecule has 1 aliphatic rings. The average molecular weight is 407 g/mol. The summed E-state index contributed by atoms with van der Waals surface area (Å²) in [5, 5.41) is 4.81. The molecule has 152 valence electrons. The van der Waals surface area contributed by atoms with Crippen molar-refractivity contribution in [3.05, 3.63) is 108 Å². The predicted molar refractivity (Wildman–Crippen MR) is 121 cm³/mol. The van der Waals surface area contributed by atoms with Crippen LogP contribution in [-0.4, -0.2) is 25.0 Å². The van der Waals surface area contributed by atoms with E-state index in [1.54, 1.807) is 6.07 Å². The highest BCUT2D eigenvalue weighted by atomic mass is 16.5. The fraction of sp³-hybridized carbons (Fsp3) is 0.111. The maximum atomic E-state index is 13.4. The quantitative estimate of drug-likeness (QED) is 0.489. The molecule has 4 heteroatoms. The second-order valence-electron chi connectivity index (χ2n) is 7.65. The predicted octanol–water partition coefficient (Wildman–Crippen LogP) is 4.92. The minimum absolute atomic E-state index is 0.297. The number of methoxy groups -OCH3 is 1. The van der Waals surface area contributed by atoms with Crippen molar-refractivity contribution in [2.75, 3.05) is 7.11 Å². The van der Waals surface area contributed by atoms with Crippen LogP contribution < -0.4 is 5.32 Å². The highest BCUT2D eigenvalue weighted by Gasteiger charge is 2.39. The standard InChI is InChI=1S/C27H21NO3/c1-31-27(30)25(28-26(29)23-16-8-10-17-9-2-3-11-18(17)23)24-21-14-6-4-12-19(21)20-13-5-7-15-22(20)24/h2-16,24-25H,1H3,(H,28,29)/t25-/m1/s1. The van der Waals surface area contributed by atoms with Crippen molar-refractivity contribution in [3.63, 3.8) is 0 Å². The van der Waals surface area contributed by atoms with E-state index in [4.69, 9.17) is 4.74 Å². The number of hydrogen-bond donors (Lipinski definition) is 1. The summed E-state index contributed by atoms with van der Waals surface area (Å²) in [6.07, 6.45) is 0. The summed E-state index contributed by atoms with van der Waals surface area (Å²) in [5.41, 5.74) is 4.72. The molecule has 31 heavy (non-hydrogen) atoms. The third-order valence-corrected chi connectivity index (χ3v) is 5.99. The molecule has 0 bridgehead atoms. The van der Waals surface area contributed by atoms with E-state index in [0.29, 0.717) is 5.56 Å². The van der Waals surface area contributed by atoms with Gasteiger partial charge in [-0.3, -0.25) is 4.79 Å². The first-order chi connectivity index (χ1) is 15.2. The molecule has 1 atom stereocenters. The van der Waals surface area contributed by atoms with E-state index in [2.05, 4.69) is 17.4 Å². The first kappa shape index (κ1) is 19.1. The Kier molecular flexibility index (Phi) is 4.75. The van der Waals surface area contributed by atoms with Crippen LogP contribution in [0.4, 0.5) is 0 Å². The Morgan fingerprint density at radius 1 is 0.774 bits per heavy atom. The van der Waals surface area contributed by atoms with Crippen LogP contribution in [0.3, 0.4) is 0 Å². The number of fused-ring (bicyclic) bond motifs is 4. The van der Waals surface area contributed by atoms with Crippen LogP contribution in [0.2, 0.25) is 0 Å². The Morgan fingerprint density at radius 2 is 1.35 bits per heavy atom. The van der Waals surface area contributed by atoms with Crippen molar-refractivity contribution >= 4 is 22.6 Å². The molecule has 1 aliphatic carbocycles. The number of ether oxygens (including phenoxy) is 1. The molecular formula is C27H21NO3. The summed E-state index contributed by atoms with van der Waals surface area (Å²) in [4.78, 5) is 26.3. The molecule has 4 aromatic carbocycles. The maximum absolute atomic E-state index is 13.4. The molecule has 0 saturated carbocycles. The smallest absolute Gasteiger partial charge is 0.329 e. The van der Waals surface area contributed by atoms with Crippen molar-refractivity contribution in [2.24, 2.45) is 0 Å². The number of rotatable bonds is 4. The Labute approximate surface area is 180 Å². The molecule has 4 aromatic rings. The van der Waals surface area contributed by atoms with Gasteiger partial charge in [0.1, 0.15) is 6.04 Å². The number of nitrogens with one attached hydrogen (secondary N) is 1. The van der Waals surface area contributed by atoms with Crippen LogP contribution in [0.15, 0.2) is 91.0 Å². The van der Waals surface area contributed by atoms with Crippen LogP contribution in [-0.2, 0) is 9.53 Å². The zero-order chi connectivity index (χ0) is 21.4. The van der Waals surface area contributed by atoms with E-state index >= 15 is 0 Å². The second-order valence-corrected chi connectivity index (χ2v) is 7.65. The minimum Gasteiger partial charge on any atom is -0.467 e. The molecule has 0 aromatic heterocycles. The van der Waals surface area contributed by atoms with Gasteiger partial charge in [0, 0.05) is 11.5 Å². The van der Waals surface area contributed by atoms with E-state index in [0.717, 1.165) is 33.0 Å². The lowest BCUT2D eigenvalue weighted by Crippen LogP contribution is -2.45. The van der Waals surface area contributed by atoms with Gasteiger partial charge in [-0.2, -0.15) is 0 Å².